The first kappa shape index (κ1) is 13.7. The van der Waals surface area contributed by atoms with Gasteiger partial charge in [0.05, 0.1) is 0 Å². The van der Waals surface area contributed by atoms with Gasteiger partial charge < -0.3 is 5.11 Å². The summed E-state index contributed by atoms with van der Waals surface area (Å²) < 4.78 is 1.70. The van der Waals surface area contributed by atoms with Gasteiger partial charge in [-0.05, 0) is 36.7 Å². The Morgan fingerprint density at radius 3 is 2.55 bits per heavy atom. The highest BCUT2D eigenvalue weighted by molar-refractivity contribution is 5.86. The Hall–Kier alpha value is -1.91. The first-order valence-corrected chi connectivity index (χ1v) is 8.20. The molecule has 5 heteroatoms. The van der Waals surface area contributed by atoms with Crippen LogP contribution in [0.4, 0.5) is 0 Å². The molecule has 2 saturated carbocycles. The van der Waals surface area contributed by atoms with Crippen molar-refractivity contribution in [3.05, 3.63) is 29.2 Å². The topological polar surface area (TPSA) is 67.5 Å². The Bertz CT molecular complexity index is 738. The summed E-state index contributed by atoms with van der Waals surface area (Å²) in [4.78, 5) is 15.9. The normalized spacial score (nSPS) is 27.1. The van der Waals surface area contributed by atoms with Crippen LogP contribution in [0.5, 0.6) is 0 Å². The van der Waals surface area contributed by atoms with Crippen molar-refractivity contribution in [2.75, 3.05) is 0 Å². The molecule has 2 aliphatic rings. The number of fused-ring (bicyclic) bond motifs is 2. The first-order chi connectivity index (χ1) is 10.6. The number of rotatable bonds is 3. The summed E-state index contributed by atoms with van der Waals surface area (Å²) in [6.07, 6.45) is 5.32. The fraction of sp³-hybridized carbons (Fsp3) is 0.588. The number of carbonyl (C=O) groups is 1. The maximum Gasteiger partial charge on any atom is 0.356 e. The lowest BCUT2D eigenvalue weighted by Crippen LogP contribution is -2.06. The van der Waals surface area contributed by atoms with Crippen LogP contribution in [-0.4, -0.2) is 25.7 Å². The molecule has 0 spiro atoms. The summed E-state index contributed by atoms with van der Waals surface area (Å²) in [5.74, 6) is 1.46. The van der Waals surface area contributed by atoms with E-state index >= 15 is 0 Å². The number of aromatic carboxylic acids is 1. The molecule has 5 nitrogen and oxygen atoms in total. The van der Waals surface area contributed by atoms with E-state index in [0.29, 0.717) is 11.6 Å². The Morgan fingerprint density at radius 1 is 1.27 bits per heavy atom. The van der Waals surface area contributed by atoms with Crippen molar-refractivity contribution in [2.45, 2.75) is 51.4 Å². The number of hydrogen-bond donors (Lipinski definition) is 1. The molecule has 0 radical (unpaired) electrons. The zero-order chi connectivity index (χ0) is 15.4. The zero-order valence-electron chi connectivity index (χ0n) is 13.0. The largest absolute Gasteiger partial charge is 0.476 e. The molecule has 0 amide bonds. The molecule has 2 aromatic rings. The zero-order valence-corrected chi connectivity index (χ0v) is 13.0. The maximum absolute atomic E-state index is 11.2. The SMILES string of the molecule is CC(C)c1cc(C2C3CCCCC32)nc2cc(C(=O)O)nn12. The van der Waals surface area contributed by atoms with Crippen LogP contribution in [0.3, 0.4) is 0 Å². The van der Waals surface area contributed by atoms with Gasteiger partial charge in [0, 0.05) is 23.4 Å². The molecule has 2 heterocycles. The van der Waals surface area contributed by atoms with E-state index in [0.717, 1.165) is 23.2 Å². The van der Waals surface area contributed by atoms with E-state index in [2.05, 4.69) is 25.0 Å². The van der Waals surface area contributed by atoms with Gasteiger partial charge in [-0.15, -0.1) is 0 Å². The van der Waals surface area contributed by atoms with E-state index in [1.165, 1.54) is 25.7 Å². The molecule has 2 atom stereocenters. The summed E-state index contributed by atoms with van der Waals surface area (Å²) in [6, 6.07) is 3.74. The third-order valence-electron chi connectivity index (χ3n) is 5.28. The lowest BCUT2D eigenvalue weighted by Gasteiger charge is -2.10. The smallest absolute Gasteiger partial charge is 0.356 e. The molecule has 2 aromatic heterocycles. The molecular formula is C17H21N3O2. The first-order valence-electron chi connectivity index (χ1n) is 8.20. The Morgan fingerprint density at radius 2 is 1.95 bits per heavy atom. The lowest BCUT2D eigenvalue weighted by molar-refractivity contribution is 0.0690. The minimum absolute atomic E-state index is 0.0692. The predicted molar refractivity (Wildman–Crippen MR) is 82.2 cm³/mol. The third kappa shape index (κ3) is 2.02. The van der Waals surface area contributed by atoms with Gasteiger partial charge in [0.15, 0.2) is 11.3 Å². The second-order valence-corrected chi connectivity index (χ2v) is 7.00. The van der Waals surface area contributed by atoms with E-state index in [4.69, 9.17) is 4.98 Å². The Kier molecular flexibility index (Phi) is 2.99. The molecular weight excluding hydrogens is 278 g/mol. The molecule has 0 aromatic carbocycles. The predicted octanol–water partition coefficient (Wildman–Crippen LogP) is 3.45. The van der Waals surface area contributed by atoms with E-state index in [9.17, 15) is 9.90 Å². The maximum atomic E-state index is 11.2. The van der Waals surface area contributed by atoms with Gasteiger partial charge in [-0.2, -0.15) is 5.10 Å². The average molecular weight is 299 g/mol. The van der Waals surface area contributed by atoms with E-state index in [1.54, 1.807) is 10.6 Å². The van der Waals surface area contributed by atoms with Crippen LogP contribution in [0, 0.1) is 11.8 Å². The van der Waals surface area contributed by atoms with Gasteiger partial charge in [0.2, 0.25) is 0 Å². The van der Waals surface area contributed by atoms with Gasteiger partial charge >= 0.3 is 5.97 Å². The van der Waals surface area contributed by atoms with Crippen molar-refractivity contribution in [1.29, 1.82) is 0 Å². The molecule has 2 aliphatic carbocycles. The number of carboxylic acid groups (broad SMARTS) is 1. The summed E-state index contributed by atoms with van der Waals surface area (Å²) in [6.45, 7) is 4.22. The van der Waals surface area contributed by atoms with Crippen molar-refractivity contribution in [2.24, 2.45) is 11.8 Å². The molecule has 0 aliphatic heterocycles. The van der Waals surface area contributed by atoms with Gasteiger partial charge in [-0.3, -0.25) is 0 Å². The van der Waals surface area contributed by atoms with Crippen LogP contribution in [0.2, 0.25) is 0 Å². The highest BCUT2D eigenvalue weighted by Gasteiger charge is 2.52. The molecule has 116 valence electrons. The van der Waals surface area contributed by atoms with Gasteiger partial charge in [-0.25, -0.2) is 14.3 Å². The fourth-order valence-electron chi connectivity index (χ4n) is 4.14. The van der Waals surface area contributed by atoms with Crippen LogP contribution in [0.1, 0.15) is 73.2 Å². The molecule has 22 heavy (non-hydrogen) atoms. The molecule has 0 saturated heterocycles. The van der Waals surface area contributed by atoms with E-state index in [-0.39, 0.29) is 11.6 Å². The summed E-state index contributed by atoms with van der Waals surface area (Å²) in [7, 11) is 0. The van der Waals surface area contributed by atoms with Gasteiger partial charge in [0.1, 0.15) is 0 Å². The van der Waals surface area contributed by atoms with Gasteiger partial charge in [0.25, 0.3) is 0 Å². The number of nitrogens with zero attached hydrogens (tertiary/aromatic N) is 3. The second-order valence-electron chi connectivity index (χ2n) is 7.00. The van der Waals surface area contributed by atoms with Crippen molar-refractivity contribution in [3.63, 3.8) is 0 Å². The van der Waals surface area contributed by atoms with Crippen LogP contribution in [0.15, 0.2) is 12.1 Å². The highest BCUT2D eigenvalue weighted by atomic mass is 16.4. The lowest BCUT2D eigenvalue weighted by atomic mass is 10.0. The van der Waals surface area contributed by atoms with Crippen LogP contribution >= 0.6 is 0 Å². The molecule has 2 fully saturated rings. The third-order valence-corrected chi connectivity index (χ3v) is 5.28. The number of carboxylic acids is 1. The minimum atomic E-state index is -0.998. The molecule has 1 N–H and O–H groups in total. The number of aromatic nitrogens is 3. The monoisotopic (exact) mass is 299 g/mol. The molecule has 2 unspecified atom stereocenters. The standard InChI is InChI=1S/C17H21N3O2/c1-9(2)14-7-12(16-10-5-3-4-6-11(10)16)18-15-8-13(17(21)22)19-20(14)15/h7-11,16H,3-6H2,1-2H3,(H,21,22). The van der Waals surface area contributed by atoms with Crippen molar-refractivity contribution in [3.8, 4) is 0 Å². The summed E-state index contributed by atoms with van der Waals surface area (Å²) in [5.41, 5.74) is 2.93. The van der Waals surface area contributed by atoms with Crippen molar-refractivity contribution < 1.29 is 9.90 Å². The van der Waals surface area contributed by atoms with Gasteiger partial charge in [-0.1, -0.05) is 26.7 Å². The van der Waals surface area contributed by atoms with E-state index < -0.39 is 5.97 Å². The van der Waals surface area contributed by atoms with Crippen LogP contribution in [-0.2, 0) is 0 Å². The Balaban J connectivity index is 1.81. The van der Waals surface area contributed by atoms with Crippen molar-refractivity contribution >= 4 is 11.6 Å². The minimum Gasteiger partial charge on any atom is -0.476 e. The molecule has 4 rings (SSSR count). The van der Waals surface area contributed by atoms with E-state index in [1.807, 2.05) is 0 Å². The second kappa shape index (κ2) is 4.80. The van der Waals surface area contributed by atoms with Crippen LogP contribution < -0.4 is 0 Å². The molecule has 0 bridgehead atoms. The summed E-state index contributed by atoms with van der Waals surface area (Å²) >= 11 is 0. The fourth-order valence-corrected chi connectivity index (χ4v) is 4.14. The van der Waals surface area contributed by atoms with Crippen molar-refractivity contribution in [1.82, 2.24) is 14.6 Å². The average Bonchev–Trinajstić information content (AvgIpc) is 3.05. The Labute approximate surface area is 129 Å². The quantitative estimate of drug-likeness (QED) is 0.942. The van der Waals surface area contributed by atoms with Crippen LogP contribution in [0.25, 0.3) is 5.65 Å². The number of hydrogen-bond acceptors (Lipinski definition) is 3. The highest BCUT2D eigenvalue weighted by Crippen LogP contribution is 2.60. The summed E-state index contributed by atoms with van der Waals surface area (Å²) in [5, 5.41) is 13.4.